The van der Waals surface area contributed by atoms with Gasteiger partial charge < -0.3 is 24.3 Å². The molecule has 0 spiro atoms. The zero-order valence-electron chi connectivity index (χ0n) is 27.1. The smallest absolute Gasteiger partial charge is 0.318 e. The predicted molar refractivity (Wildman–Crippen MR) is 186 cm³/mol. The van der Waals surface area contributed by atoms with Crippen LogP contribution < -0.4 is 14.5 Å². The molecule has 0 unspecified atom stereocenters. The van der Waals surface area contributed by atoms with Gasteiger partial charge in [0.15, 0.2) is 5.82 Å². The minimum absolute atomic E-state index is 0.172. The highest BCUT2D eigenvalue weighted by Crippen LogP contribution is 2.37. The van der Waals surface area contributed by atoms with Crippen molar-refractivity contribution in [1.82, 2.24) is 29.7 Å². The fraction of sp³-hybridized carbons (Fsp3) is 0.389. The molecule has 3 aliphatic rings. The fourth-order valence-electron chi connectivity index (χ4n) is 7.14. The van der Waals surface area contributed by atoms with E-state index in [1.807, 2.05) is 12.1 Å². The zero-order valence-corrected chi connectivity index (χ0v) is 27.8. The van der Waals surface area contributed by atoms with Crippen LogP contribution in [0, 0.1) is 11.3 Å². The molecule has 2 fully saturated rings. The second kappa shape index (κ2) is 13.7. The third-order valence-electron chi connectivity index (χ3n) is 9.74. The van der Waals surface area contributed by atoms with Crippen LogP contribution in [-0.4, -0.2) is 94.1 Å². The van der Waals surface area contributed by atoms with Gasteiger partial charge in [0.05, 0.1) is 41.4 Å². The number of rotatable bonds is 8. The molecule has 0 N–H and O–H groups in total. The molecule has 4 aromatic rings. The van der Waals surface area contributed by atoms with Crippen molar-refractivity contribution in [3.8, 4) is 12.1 Å². The van der Waals surface area contributed by atoms with Gasteiger partial charge in [0.2, 0.25) is 0 Å². The monoisotopic (exact) mass is 663 g/mol. The van der Waals surface area contributed by atoms with Gasteiger partial charge in [-0.2, -0.15) is 15.2 Å². The van der Waals surface area contributed by atoms with Crippen LogP contribution >= 0.6 is 11.6 Å². The molecular weight excluding hydrogens is 626 g/mol. The van der Waals surface area contributed by atoms with Crippen LogP contribution in [0.1, 0.15) is 36.3 Å². The molecule has 246 valence electrons. The molecule has 2 aromatic carbocycles. The Hall–Kier alpha value is -4.79. The molecule has 0 saturated carbocycles. The molecule has 2 saturated heterocycles. The van der Waals surface area contributed by atoms with Gasteiger partial charge in [-0.05, 0) is 56.4 Å². The van der Waals surface area contributed by atoms with Crippen molar-refractivity contribution in [2.45, 2.75) is 44.3 Å². The number of amides is 1. The summed E-state index contributed by atoms with van der Waals surface area (Å²) in [5.74, 6) is 0.836. The molecule has 5 heterocycles. The summed E-state index contributed by atoms with van der Waals surface area (Å²) in [4.78, 5) is 40.6. The first-order valence-electron chi connectivity index (χ1n) is 16.5. The Morgan fingerprint density at radius 3 is 2.62 bits per heavy atom. The van der Waals surface area contributed by atoms with Crippen molar-refractivity contribution >= 4 is 45.4 Å². The van der Waals surface area contributed by atoms with Crippen LogP contribution in [-0.2, 0) is 17.8 Å². The molecule has 0 bridgehead atoms. The SMILES string of the molecule is C=C(C(=O)N1CCN(c2nc(OC[C@@H]3CCCN3C)nc3c2CCN(c2cccc4cccc(Cl)c24)C3)C[C@@H]1CC#N)c1ncccn1. The first kappa shape index (κ1) is 31.8. The standard InChI is InChI=1S/C36H38ClN9O2/c1-24(33-39-15-6-16-40-33)35(47)46-20-19-45(21-26(46)12-14-38)34-28-13-18-44(31-11-4-8-25-7-3-10-29(37)32(25)31)22-30(28)41-36(42-34)48-23-27-9-5-17-43(27)2/h3-4,6-8,10-11,15-16,26-27H,1,5,9,12-13,17-23H2,2H3/t26-,27-/m0/s1. The summed E-state index contributed by atoms with van der Waals surface area (Å²) in [6.45, 7) is 8.28. The number of likely N-dealkylation sites (N-methyl/N-ethyl adjacent to an activating group) is 1. The molecule has 1 amide bonds. The number of benzene rings is 2. The van der Waals surface area contributed by atoms with E-state index in [2.05, 4.69) is 68.6 Å². The van der Waals surface area contributed by atoms with Gasteiger partial charge in [-0.25, -0.2) is 9.97 Å². The molecule has 0 radical (unpaired) electrons. The highest BCUT2D eigenvalue weighted by Gasteiger charge is 2.35. The first-order chi connectivity index (χ1) is 23.4. The second-order valence-corrected chi connectivity index (χ2v) is 13.0. The van der Waals surface area contributed by atoms with Crippen LogP contribution in [0.2, 0.25) is 5.02 Å². The van der Waals surface area contributed by atoms with Crippen LogP contribution in [0.25, 0.3) is 16.3 Å². The van der Waals surface area contributed by atoms with E-state index in [0.717, 1.165) is 70.9 Å². The number of carbonyl (C=O) groups excluding carboxylic acids is 1. The molecule has 11 nitrogen and oxygen atoms in total. The van der Waals surface area contributed by atoms with E-state index in [9.17, 15) is 10.1 Å². The summed E-state index contributed by atoms with van der Waals surface area (Å²) in [5, 5.41) is 12.6. The van der Waals surface area contributed by atoms with Crippen LogP contribution in [0.15, 0.2) is 61.4 Å². The molecule has 3 aliphatic heterocycles. The number of hydrogen-bond acceptors (Lipinski definition) is 10. The Labute approximate surface area is 285 Å². The summed E-state index contributed by atoms with van der Waals surface area (Å²) in [6, 6.07) is 16.5. The Bertz CT molecular complexity index is 1880. The number of nitrogens with zero attached hydrogens (tertiary/aromatic N) is 9. The number of nitriles is 1. The van der Waals surface area contributed by atoms with Gasteiger partial charge in [0, 0.05) is 61.3 Å². The van der Waals surface area contributed by atoms with Gasteiger partial charge >= 0.3 is 6.01 Å². The number of ether oxygens (including phenoxy) is 1. The number of carbonyl (C=O) groups is 1. The number of hydrogen-bond donors (Lipinski definition) is 0. The summed E-state index contributed by atoms with van der Waals surface area (Å²) in [6.07, 6.45) is 6.30. The quantitative estimate of drug-likeness (QED) is 0.245. The van der Waals surface area contributed by atoms with Crippen molar-refractivity contribution < 1.29 is 9.53 Å². The van der Waals surface area contributed by atoms with Crippen LogP contribution in [0.3, 0.4) is 0 Å². The van der Waals surface area contributed by atoms with Crippen LogP contribution in [0.4, 0.5) is 11.5 Å². The zero-order chi connectivity index (χ0) is 33.2. The molecule has 7 rings (SSSR count). The minimum Gasteiger partial charge on any atom is -0.462 e. The van der Waals surface area contributed by atoms with E-state index in [-0.39, 0.29) is 29.8 Å². The molecule has 0 aliphatic carbocycles. The van der Waals surface area contributed by atoms with Gasteiger partial charge in [-0.1, -0.05) is 42.4 Å². The minimum atomic E-state index is -0.364. The van der Waals surface area contributed by atoms with Gasteiger partial charge in [0.1, 0.15) is 12.4 Å². The van der Waals surface area contributed by atoms with Crippen molar-refractivity contribution in [2.75, 3.05) is 56.2 Å². The first-order valence-corrected chi connectivity index (χ1v) is 16.8. The number of likely N-dealkylation sites (tertiary alicyclic amines) is 1. The summed E-state index contributed by atoms with van der Waals surface area (Å²) < 4.78 is 6.33. The number of halogens is 1. The Balaban J connectivity index is 1.19. The lowest BCUT2D eigenvalue weighted by Gasteiger charge is -2.42. The lowest BCUT2D eigenvalue weighted by molar-refractivity contribution is -0.127. The second-order valence-electron chi connectivity index (χ2n) is 12.6. The van der Waals surface area contributed by atoms with E-state index in [1.54, 1.807) is 23.4 Å². The average Bonchev–Trinajstić information content (AvgIpc) is 3.54. The fourth-order valence-corrected chi connectivity index (χ4v) is 7.42. The average molecular weight is 664 g/mol. The highest BCUT2D eigenvalue weighted by molar-refractivity contribution is 6.36. The van der Waals surface area contributed by atoms with Gasteiger partial charge in [-0.3, -0.25) is 4.79 Å². The largest absolute Gasteiger partial charge is 0.462 e. The van der Waals surface area contributed by atoms with Crippen molar-refractivity contribution in [3.05, 3.63) is 83.5 Å². The van der Waals surface area contributed by atoms with E-state index in [0.29, 0.717) is 44.8 Å². The Morgan fingerprint density at radius 2 is 1.85 bits per heavy atom. The van der Waals surface area contributed by atoms with Crippen molar-refractivity contribution in [2.24, 2.45) is 0 Å². The lowest BCUT2D eigenvalue weighted by Crippen LogP contribution is -2.56. The third kappa shape index (κ3) is 6.25. The molecule has 12 heteroatoms. The van der Waals surface area contributed by atoms with E-state index >= 15 is 0 Å². The molecule has 48 heavy (non-hydrogen) atoms. The normalized spacial score (nSPS) is 19.6. The molecular formula is C36H38ClN9O2. The van der Waals surface area contributed by atoms with E-state index in [1.165, 1.54) is 0 Å². The number of anilines is 2. The van der Waals surface area contributed by atoms with Gasteiger partial charge in [0.25, 0.3) is 5.91 Å². The number of aromatic nitrogens is 4. The number of fused-ring (bicyclic) bond motifs is 2. The van der Waals surface area contributed by atoms with E-state index in [4.69, 9.17) is 26.3 Å². The predicted octanol–water partition coefficient (Wildman–Crippen LogP) is 4.75. The highest BCUT2D eigenvalue weighted by atomic mass is 35.5. The summed E-state index contributed by atoms with van der Waals surface area (Å²) in [7, 11) is 2.13. The third-order valence-corrected chi connectivity index (χ3v) is 10.1. The number of piperazine rings is 1. The topological polar surface area (TPSA) is 115 Å². The summed E-state index contributed by atoms with van der Waals surface area (Å²) in [5.41, 5.74) is 3.27. The maximum Gasteiger partial charge on any atom is 0.318 e. The van der Waals surface area contributed by atoms with Crippen molar-refractivity contribution in [1.29, 1.82) is 5.26 Å². The Morgan fingerprint density at radius 1 is 1.04 bits per heavy atom. The van der Waals surface area contributed by atoms with Crippen LogP contribution in [0.5, 0.6) is 6.01 Å². The maximum absolute atomic E-state index is 13.6. The van der Waals surface area contributed by atoms with E-state index < -0.39 is 0 Å². The molecule has 2 atom stereocenters. The summed E-state index contributed by atoms with van der Waals surface area (Å²) >= 11 is 6.73. The van der Waals surface area contributed by atoms with Crippen molar-refractivity contribution in [3.63, 3.8) is 0 Å². The lowest BCUT2D eigenvalue weighted by atomic mass is 10.0. The Kier molecular flexibility index (Phi) is 9.11. The van der Waals surface area contributed by atoms with Gasteiger partial charge in [-0.15, -0.1) is 0 Å². The molecule has 2 aromatic heterocycles. The maximum atomic E-state index is 13.6.